The molecule has 0 fully saturated rings. The zero-order valence-corrected chi connectivity index (χ0v) is 12.8. The van der Waals surface area contributed by atoms with Crippen LogP contribution in [-0.2, 0) is 0 Å². The van der Waals surface area contributed by atoms with Crippen molar-refractivity contribution in [1.82, 2.24) is 14.6 Å². The van der Waals surface area contributed by atoms with E-state index >= 15 is 0 Å². The third kappa shape index (κ3) is 1.58. The molecule has 0 aliphatic carbocycles. The number of nitrogens with zero attached hydrogens (tertiary/aromatic N) is 3. The molecule has 4 nitrogen and oxygen atoms in total. The maximum atomic E-state index is 12.8. The van der Waals surface area contributed by atoms with E-state index in [1.165, 1.54) is 4.52 Å². The fraction of sp³-hybridized carbons (Fsp3) is 0.188. The summed E-state index contributed by atoms with van der Waals surface area (Å²) in [5, 5.41) is 7.14. The largest absolute Gasteiger partial charge is 0.283 e. The average Bonchev–Trinajstić information content (AvgIpc) is 2.76. The summed E-state index contributed by atoms with van der Waals surface area (Å²) in [5.41, 5.74) is 2.40. The Kier molecular flexibility index (Phi) is 2.44. The summed E-state index contributed by atoms with van der Waals surface area (Å²) >= 11 is 1.57. The minimum absolute atomic E-state index is 0.0781. The molecule has 0 radical (unpaired) electrons. The Hall–Kier alpha value is -2.27. The van der Waals surface area contributed by atoms with Gasteiger partial charge in [0.05, 0.1) is 11.1 Å². The van der Waals surface area contributed by atoms with Crippen molar-refractivity contribution < 1.29 is 0 Å². The minimum Gasteiger partial charge on any atom is -0.267 e. The molecule has 3 heterocycles. The molecule has 0 aliphatic rings. The number of hydrogen-bond acceptors (Lipinski definition) is 4. The minimum atomic E-state index is -0.0781. The fourth-order valence-corrected chi connectivity index (χ4v) is 3.77. The SMILES string of the molecule is Cc1sc2nc3c4ccccc4c(C)nn3c(=O)c2c1C. The van der Waals surface area contributed by atoms with Crippen LogP contribution in [0.2, 0.25) is 0 Å². The lowest BCUT2D eigenvalue weighted by molar-refractivity contribution is 0.867. The van der Waals surface area contributed by atoms with Gasteiger partial charge in [-0.1, -0.05) is 24.3 Å². The molecule has 0 saturated heterocycles. The smallest absolute Gasteiger partial charge is 0.267 e. The Morgan fingerprint density at radius 2 is 1.81 bits per heavy atom. The van der Waals surface area contributed by atoms with Crippen LogP contribution < -0.4 is 5.56 Å². The Morgan fingerprint density at radius 1 is 1.10 bits per heavy atom. The standard InChI is InChI=1S/C16H13N3OS/c1-8-10(3)21-15-13(8)16(20)19-14(17-15)12-7-5-4-6-11(12)9(2)18-19/h4-7H,1-3H3. The monoisotopic (exact) mass is 295 g/mol. The van der Waals surface area contributed by atoms with Crippen LogP contribution in [0, 0.1) is 20.8 Å². The van der Waals surface area contributed by atoms with Crippen molar-refractivity contribution in [2.75, 3.05) is 0 Å². The van der Waals surface area contributed by atoms with Crippen LogP contribution in [0.1, 0.15) is 16.1 Å². The zero-order valence-electron chi connectivity index (χ0n) is 12.0. The summed E-state index contributed by atoms with van der Waals surface area (Å²) < 4.78 is 1.44. The molecule has 1 aromatic carbocycles. The van der Waals surface area contributed by atoms with E-state index in [9.17, 15) is 4.79 Å². The maximum absolute atomic E-state index is 12.8. The van der Waals surface area contributed by atoms with Gasteiger partial charge in [0.25, 0.3) is 5.56 Å². The molecule has 0 atom stereocenters. The first kappa shape index (κ1) is 12.5. The number of aryl methyl sites for hydroxylation is 3. The number of aromatic nitrogens is 3. The number of hydrogen-bond donors (Lipinski definition) is 0. The average molecular weight is 295 g/mol. The molecule has 0 spiro atoms. The molecule has 0 amide bonds. The van der Waals surface area contributed by atoms with Gasteiger partial charge in [0.2, 0.25) is 0 Å². The van der Waals surface area contributed by atoms with Gasteiger partial charge in [0.1, 0.15) is 4.83 Å². The van der Waals surface area contributed by atoms with Crippen LogP contribution >= 0.6 is 11.3 Å². The van der Waals surface area contributed by atoms with E-state index in [0.29, 0.717) is 11.0 Å². The van der Waals surface area contributed by atoms with E-state index in [2.05, 4.69) is 5.10 Å². The normalized spacial score (nSPS) is 11.8. The molecule has 4 rings (SSSR count). The molecule has 104 valence electrons. The maximum Gasteiger partial charge on any atom is 0.283 e. The van der Waals surface area contributed by atoms with Crippen molar-refractivity contribution in [3.05, 3.63) is 50.8 Å². The molecule has 0 unspecified atom stereocenters. The quantitative estimate of drug-likeness (QED) is 0.467. The molecule has 0 aliphatic heterocycles. The van der Waals surface area contributed by atoms with Gasteiger partial charge in [-0.3, -0.25) is 4.79 Å². The fourth-order valence-electron chi connectivity index (χ4n) is 2.75. The summed E-state index contributed by atoms with van der Waals surface area (Å²) in [7, 11) is 0. The van der Waals surface area contributed by atoms with Crippen molar-refractivity contribution >= 4 is 38.0 Å². The predicted molar refractivity (Wildman–Crippen MR) is 86.4 cm³/mol. The van der Waals surface area contributed by atoms with Gasteiger partial charge in [0.15, 0.2) is 5.65 Å². The Balaban J connectivity index is 2.37. The predicted octanol–water partition coefficient (Wildman–Crippen LogP) is 3.38. The molecule has 0 N–H and O–H groups in total. The Labute approximate surface area is 124 Å². The number of fused-ring (bicyclic) bond motifs is 4. The second-order valence-corrected chi connectivity index (χ2v) is 6.45. The third-order valence-corrected chi connectivity index (χ3v) is 5.09. The van der Waals surface area contributed by atoms with Crippen molar-refractivity contribution in [2.45, 2.75) is 20.8 Å². The topological polar surface area (TPSA) is 47.3 Å². The van der Waals surface area contributed by atoms with E-state index in [0.717, 1.165) is 31.7 Å². The van der Waals surface area contributed by atoms with Crippen LogP contribution in [0.25, 0.3) is 26.6 Å². The lowest BCUT2D eigenvalue weighted by atomic mass is 10.1. The summed E-state index contributed by atoms with van der Waals surface area (Å²) in [6, 6.07) is 7.94. The molecule has 0 saturated carbocycles. The van der Waals surface area contributed by atoms with Gasteiger partial charge >= 0.3 is 0 Å². The van der Waals surface area contributed by atoms with E-state index < -0.39 is 0 Å². The molecule has 21 heavy (non-hydrogen) atoms. The second-order valence-electron chi connectivity index (χ2n) is 5.25. The molecular weight excluding hydrogens is 282 g/mol. The summed E-state index contributed by atoms with van der Waals surface area (Å²) in [4.78, 5) is 19.4. The van der Waals surface area contributed by atoms with Crippen LogP contribution in [0.3, 0.4) is 0 Å². The molecular formula is C16H13N3OS. The van der Waals surface area contributed by atoms with Gasteiger partial charge < -0.3 is 0 Å². The zero-order chi connectivity index (χ0) is 14.7. The first-order valence-electron chi connectivity index (χ1n) is 6.76. The third-order valence-electron chi connectivity index (χ3n) is 3.99. The van der Waals surface area contributed by atoms with Crippen LogP contribution in [0.5, 0.6) is 0 Å². The van der Waals surface area contributed by atoms with E-state index in [4.69, 9.17) is 4.98 Å². The highest BCUT2D eigenvalue weighted by molar-refractivity contribution is 7.18. The Morgan fingerprint density at radius 3 is 2.57 bits per heavy atom. The van der Waals surface area contributed by atoms with Crippen LogP contribution in [0.15, 0.2) is 29.1 Å². The first-order chi connectivity index (χ1) is 10.1. The van der Waals surface area contributed by atoms with Gasteiger partial charge in [-0.05, 0) is 26.3 Å². The molecule has 5 heteroatoms. The van der Waals surface area contributed by atoms with Crippen LogP contribution in [0.4, 0.5) is 0 Å². The highest BCUT2D eigenvalue weighted by Gasteiger charge is 2.15. The van der Waals surface area contributed by atoms with Gasteiger partial charge in [0, 0.05) is 15.6 Å². The van der Waals surface area contributed by atoms with E-state index in [1.807, 2.05) is 45.0 Å². The molecule has 0 bridgehead atoms. The lowest BCUT2D eigenvalue weighted by Gasteiger charge is -2.06. The first-order valence-corrected chi connectivity index (χ1v) is 7.57. The molecule has 4 aromatic rings. The second kappa shape index (κ2) is 4.11. The molecule has 3 aromatic heterocycles. The number of rotatable bonds is 0. The van der Waals surface area contributed by atoms with Gasteiger partial charge in [-0.25, -0.2) is 4.98 Å². The summed E-state index contributed by atoms with van der Waals surface area (Å²) in [6.45, 7) is 5.91. The van der Waals surface area contributed by atoms with Crippen molar-refractivity contribution in [2.24, 2.45) is 0 Å². The highest BCUT2D eigenvalue weighted by atomic mass is 32.1. The van der Waals surface area contributed by atoms with E-state index in [-0.39, 0.29) is 5.56 Å². The van der Waals surface area contributed by atoms with Gasteiger partial charge in [-0.2, -0.15) is 9.61 Å². The van der Waals surface area contributed by atoms with Crippen LogP contribution in [-0.4, -0.2) is 14.6 Å². The van der Waals surface area contributed by atoms with E-state index in [1.54, 1.807) is 11.3 Å². The number of thiophene rings is 1. The highest BCUT2D eigenvalue weighted by Crippen LogP contribution is 2.28. The lowest BCUT2D eigenvalue weighted by Crippen LogP contribution is -2.18. The van der Waals surface area contributed by atoms with Crippen molar-refractivity contribution in [3.8, 4) is 0 Å². The summed E-state index contributed by atoms with van der Waals surface area (Å²) in [6.07, 6.45) is 0. The van der Waals surface area contributed by atoms with Gasteiger partial charge in [-0.15, -0.1) is 11.3 Å². The van der Waals surface area contributed by atoms with Crippen molar-refractivity contribution in [1.29, 1.82) is 0 Å². The number of benzene rings is 1. The summed E-state index contributed by atoms with van der Waals surface area (Å²) in [5.74, 6) is 0. The van der Waals surface area contributed by atoms with Crippen molar-refractivity contribution in [3.63, 3.8) is 0 Å². The Bertz CT molecular complexity index is 1090.